The molecule has 4 N–H and O–H groups in total. The third-order valence-corrected chi connectivity index (χ3v) is 17.1. The van der Waals surface area contributed by atoms with Crippen molar-refractivity contribution in [3.8, 4) is 28.7 Å². The number of fused-ring (bicyclic) bond motifs is 2. The summed E-state index contributed by atoms with van der Waals surface area (Å²) in [5, 5.41) is 10.4. The Morgan fingerprint density at radius 2 is 1.65 bits per heavy atom. The van der Waals surface area contributed by atoms with Crippen molar-refractivity contribution in [2.45, 2.75) is 77.6 Å². The van der Waals surface area contributed by atoms with Crippen LogP contribution in [0.5, 0.6) is 0 Å². The van der Waals surface area contributed by atoms with Crippen molar-refractivity contribution in [2.24, 2.45) is 0 Å². The van der Waals surface area contributed by atoms with Crippen molar-refractivity contribution in [3.63, 3.8) is 0 Å². The summed E-state index contributed by atoms with van der Waals surface area (Å²) in [5.74, 6) is 2.26. The second-order valence-electron chi connectivity index (χ2n) is 12.9. The maximum absolute atomic E-state index is 16.7. The average molecular weight is 656 g/mol. The second-order valence-corrected chi connectivity index (χ2v) is 19.6. The van der Waals surface area contributed by atoms with Crippen molar-refractivity contribution in [2.75, 3.05) is 18.0 Å². The van der Waals surface area contributed by atoms with Gasteiger partial charge in [-0.1, -0.05) is 59.6 Å². The van der Waals surface area contributed by atoms with E-state index in [0.29, 0.717) is 57.7 Å². The fraction of sp³-hybridized carbons (Fsp3) is 0.361. The van der Waals surface area contributed by atoms with Crippen LogP contribution in [0.3, 0.4) is 0 Å². The number of carbonyl (C=O) groups is 1. The number of amides is 1. The number of carbonyl (C=O) groups excluding carboxylic acids is 1. The lowest BCUT2D eigenvalue weighted by Crippen LogP contribution is -2.43. The summed E-state index contributed by atoms with van der Waals surface area (Å²) in [5.41, 5.74) is 19.6. The van der Waals surface area contributed by atoms with Crippen molar-refractivity contribution in [1.82, 2.24) is 9.88 Å². The molecule has 238 valence electrons. The zero-order valence-corrected chi connectivity index (χ0v) is 29.1. The van der Waals surface area contributed by atoms with Gasteiger partial charge in [-0.2, -0.15) is 5.26 Å². The largest absolute Gasteiger partial charge is 0.389 e. The maximum atomic E-state index is 16.7. The molecule has 0 spiro atoms. The Kier molecular flexibility index (Phi) is 9.00. The summed E-state index contributed by atoms with van der Waals surface area (Å²) < 4.78 is 32.0. The number of aromatic nitrogens is 1. The van der Waals surface area contributed by atoms with Gasteiger partial charge in [0.1, 0.15) is 36.6 Å². The predicted molar refractivity (Wildman–Crippen MR) is 186 cm³/mol. The van der Waals surface area contributed by atoms with Crippen LogP contribution in [0.15, 0.2) is 36.5 Å². The third-order valence-electron chi connectivity index (χ3n) is 9.74. The molecule has 46 heavy (non-hydrogen) atoms. The van der Waals surface area contributed by atoms with Gasteiger partial charge < -0.3 is 16.4 Å². The first-order chi connectivity index (χ1) is 21.8. The summed E-state index contributed by atoms with van der Waals surface area (Å²) in [6, 6.07) is 9.34. The molecule has 5 rings (SSSR count). The van der Waals surface area contributed by atoms with Crippen LogP contribution >= 0.6 is 11.3 Å². The van der Waals surface area contributed by atoms with Gasteiger partial charge in [-0.05, 0) is 59.3 Å². The molecular formula is C36H39F2N5OSSi. The number of pyridine rings is 1. The molecule has 0 radical (unpaired) electrons. The zero-order chi connectivity index (χ0) is 33.7. The van der Waals surface area contributed by atoms with Crippen LogP contribution in [0.2, 0.25) is 16.6 Å². The Hall–Kier alpha value is -4.25. The number of halogens is 2. The minimum absolute atomic E-state index is 0.103. The minimum atomic E-state index is -2.30. The molecule has 6 nitrogen and oxygen atoms in total. The molecule has 10 heteroatoms. The van der Waals surface area contributed by atoms with E-state index in [1.165, 1.54) is 18.2 Å². The average Bonchev–Trinajstić information content (AvgIpc) is 3.34. The van der Waals surface area contributed by atoms with E-state index in [0.717, 1.165) is 11.3 Å². The Morgan fingerprint density at radius 1 is 0.978 bits per heavy atom. The van der Waals surface area contributed by atoms with E-state index in [1.807, 2.05) is 13.0 Å². The molecule has 0 fully saturated rings. The number of nitrogens with two attached hydrogens (primary N) is 2. The highest BCUT2D eigenvalue weighted by molar-refractivity contribution is 7.23. The lowest BCUT2D eigenvalue weighted by molar-refractivity contribution is 0.0672. The molecule has 4 aromatic rings. The van der Waals surface area contributed by atoms with Gasteiger partial charge in [-0.15, -0.1) is 16.9 Å². The van der Waals surface area contributed by atoms with Crippen LogP contribution in [-0.2, 0) is 6.42 Å². The number of anilines is 2. The van der Waals surface area contributed by atoms with E-state index in [9.17, 15) is 10.1 Å². The number of hydrogen-bond acceptors (Lipinski definition) is 6. The van der Waals surface area contributed by atoms with Gasteiger partial charge in [-0.25, -0.2) is 13.8 Å². The highest BCUT2D eigenvalue weighted by Crippen LogP contribution is 2.45. The first-order valence-electron chi connectivity index (χ1n) is 15.6. The van der Waals surface area contributed by atoms with Gasteiger partial charge >= 0.3 is 0 Å². The molecule has 1 atom stereocenters. The van der Waals surface area contributed by atoms with E-state index < -0.39 is 25.8 Å². The minimum Gasteiger partial charge on any atom is -0.389 e. The van der Waals surface area contributed by atoms with Crippen LogP contribution in [0.1, 0.15) is 87.1 Å². The van der Waals surface area contributed by atoms with E-state index >= 15 is 8.78 Å². The van der Waals surface area contributed by atoms with Gasteiger partial charge in [0.25, 0.3) is 5.91 Å². The fourth-order valence-corrected chi connectivity index (χ4v) is 13.6. The quantitative estimate of drug-likeness (QED) is 0.160. The van der Waals surface area contributed by atoms with Crippen LogP contribution in [0.25, 0.3) is 21.2 Å². The third kappa shape index (κ3) is 5.24. The molecule has 1 amide bonds. The molecule has 0 aliphatic carbocycles. The second kappa shape index (κ2) is 12.5. The van der Waals surface area contributed by atoms with E-state index in [1.54, 1.807) is 17.2 Å². The number of hydrogen-bond donors (Lipinski definition) is 2. The predicted octanol–water partition coefficient (Wildman–Crippen LogP) is 8.61. The first-order valence-corrected chi connectivity index (χ1v) is 18.6. The van der Waals surface area contributed by atoms with Crippen LogP contribution in [0, 0.1) is 34.4 Å². The normalized spacial score (nSPS) is 14.1. The Balaban J connectivity index is 1.82. The Bertz CT molecular complexity index is 1950. The number of nitrogens with zero attached hydrogens (tertiary/aromatic N) is 3. The summed E-state index contributed by atoms with van der Waals surface area (Å²) >= 11 is 0.964. The first kappa shape index (κ1) is 33.1. The fourth-order valence-electron chi connectivity index (χ4n) is 7.46. The topological polar surface area (TPSA) is 109 Å². The van der Waals surface area contributed by atoms with Crippen LogP contribution in [0.4, 0.5) is 19.6 Å². The molecule has 2 aromatic carbocycles. The SMILES string of the molecule is CC(c1cccnc1N)N1CCc2c(cc(F)c(-c3ccc(F)c4sc(N)c(C#N)c34)c2C#C[Si](C(C)C)(C(C)C)C(C)C)C1=O. The van der Waals surface area contributed by atoms with Crippen LogP contribution in [-0.4, -0.2) is 30.4 Å². The highest BCUT2D eigenvalue weighted by Gasteiger charge is 2.42. The van der Waals surface area contributed by atoms with E-state index in [2.05, 4.69) is 64.1 Å². The number of thiophene rings is 1. The van der Waals surface area contributed by atoms with Crippen LogP contribution < -0.4 is 11.5 Å². The Morgan fingerprint density at radius 3 is 2.26 bits per heavy atom. The van der Waals surface area contributed by atoms with E-state index in [-0.39, 0.29) is 37.7 Å². The summed E-state index contributed by atoms with van der Waals surface area (Å²) in [6.07, 6.45) is 2.02. The van der Waals surface area contributed by atoms with Crippen molar-refractivity contribution in [1.29, 1.82) is 5.26 Å². The molecule has 1 unspecified atom stereocenters. The Labute approximate surface area is 274 Å². The summed E-state index contributed by atoms with van der Waals surface area (Å²) in [4.78, 5) is 20.0. The zero-order valence-electron chi connectivity index (χ0n) is 27.3. The van der Waals surface area contributed by atoms with Crippen molar-refractivity contribution in [3.05, 3.63) is 76.0 Å². The van der Waals surface area contributed by atoms with E-state index in [4.69, 9.17) is 11.5 Å². The number of benzene rings is 2. The van der Waals surface area contributed by atoms with Crippen molar-refractivity contribution >= 4 is 46.2 Å². The molecule has 0 saturated carbocycles. The van der Waals surface area contributed by atoms with Gasteiger partial charge in [0.05, 0.1) is 16.3 Å². The molecule has 1 aliphatic heterocycles. The maximum Gasteiger partial charge on any atom is 0.254 e. The van der Waals surface area contributed by atoms with Gasteiger partial charge in [-0.3, -0.25) is 4.79 Å². The van der Waals surface area contributed by atoms with Gasteiger partial charge in [0.2, 0.25) is 0 Å². The monoisotopic (exact) mass is 655 g/mol. The molecule has 3 heterocycles. The molecule has 0 bridgehead atoms. The lowest BCUT2D eigenvalue weighted by Gasteiger charge is -2.38. The van der Waals surface area contributed by atoms with Gasteiger partial charge in [0, 0.05) is 40.4 Å². The van der Waals surface area contributed by atoms with Gasteiger partial charge in [0.15, 0.2) is 0 Å². The number of rotatable bonds is 6. The summed E-state index contributed by atoms with van der Waals surface area (Å²) in [6.45, 7) is 15.4. The smallest absolute Gasteiger partial charge is 0.254 e. The molecular weight excluding hydrogens is 617 g/mol. The molecule has 0 saturated heterocycles. The molecule has 1 aliphatic rings. The summed E-state index contributed by atoms with van der Waals surface area (Å²) in [7, 11) is -2.30. The highest BCUT2D eigenvalue weighted by atomic mass is 32.1. The standard InChI is InChI=1S/C36H39F2N5OSSi/c1-19(2)46(20(3)4,21(5)6)16-13-25-24-12-15-43(22(7)23-9-8-14-42-34(23)40)36(44)27(24)17-30(38)31(25)26-10-11-29(37)33-32(26)28(18-39)35(41)45-33/h8-11,14,17,19-22H,12,15,41H2,1-7H3,(H2,40,42). The van der Waals surface area contributed by atoms with Crippen molar-refractivity contribution < 1.29 is 13.6 Å². The molecule has 2 aromatic heterocycles. The number of nitrogen functional groups attached to an aromatic ring is 2. The number of nitriles is 1. The lowest BCUT2D eigenvalue weighted by atomic mass is 9.85.